The second-order valence-corrected chi connectivity index (χ2v) is 10.3. The van der Waals surface area contributed by atoms with Crippen molar-refractivity contribution in [2.75, 3.05) is 6.61 Å². The molecule has 2 aromatic carbocycles. The monoisotopic (exact) mass is 469 g/mol. The molecule has 0 aromatic heterocycles. The standard InChI is InChI=1S/C29H27NO5/c1-16-7-9-18(10-8-16)24(31)15-35-29(34)23(13-17-5-3-2-4-6-17)30-27(32)25-19-11-12-20(22-14-21(19)22)26(25)28(30)33/h2-12,19-23,25-26H,13-15H2,1H3/t19-,20-,21-,22-,23-,25+,26+/m1/s1. The minimum Gasteiger partial charge on any atom is -0.456 e. The van der Waals surface area contributed by atoms with Gasteiger partial charge in [0.05, 0.1) is 11.8 Å². The minimum absolute atomic E-state index is 0.0768. The zero-order chi connectivity index (χ0) is 24.3. The van der Waals surface area contributed by atoms with Gasteiger partial charge in [0.25, 0.3) is 0 Å². The minimum atomic E-state index is -1.09. The maximum Gasteiger partial charge on any atom is 0.330 e. The lowest BCUT2D eigenvalue weighted by atomic mass is 9.63. The Kier molecular flexibility index (Phi) is 5.20. The Hall–Kier alpha value is -3.54. The van der Waals surface area contributed by atoms with Gasteiger partial charge in [-0.25, -0.2) is 4.79 Å². The van der Waals surface area contributed by atoms with E-state index in [2.05, 4.69) is 12.2 Å². The maximum atomic E-state index is 13.6. The molecule has 2 aromatic rings. The number of hydrogen-bond acceptors (Lipinski definition) is 5. The average molecular weight is 470 g/mol. The van der Waals surface area contributed by atoms with Gasteiger partial charge in [-0.3, -0.25) is 19.3 Å². The number of allylic oxidation sites excluding steroid dienone is 2. The molecular weight excluding hydrogens is 442 g/mol. The van der Waals surface area contributed by atoms with Gasteiger partial charge in [-0.1, -0.05) is 72.3 Å². The molecule has 0 N–H and O–H groups in total. The van der Waals surface area contributed by atoms with E-state index in [4.69, 9.17) is 4.74 Å². The molecule has 178 valence electrons. The van der Waals surface area contributed by atoms with E-state index in [0.717, 1.165) is 17.5 Å². The number of likely N-dealkylation sites (tertiary alicyclic amines) is 1. The van der Waals surface area contributed by atoms with Crippen molar-refractivity contribution < 1.29 is 23.9 Å². The fourth-order valence-corrected chi connectivity index (χ4v) is 6.46. The quantitative estimate of drug-likeness (QED) is 0.269. The van der Waals surface area contributed by atoms with Gasteiger partial charge in [0.2, 0.25) is 11.8 Å². The number of ether oxygens (including phenoxy) is 1. The van der Waals surface area contributed by atoms with Crippen molar-refractivity contribution in [2.24, 2.45) is 35.5 Å². The number of esters is 1. The average Bonchev–Trinajstić information content (AvgIpc) is 3.65. The van der Waals surface area contributed by atoms with Gasteiger partial charge in [-0.15, -0.1) is 0 Å². The van der Waals surface area contributed by atoms with E-state index in [9.17, 15) is 19.2 Å². The summed E-state index contributed by atoms with van der Waals surface area (Å²) >= 11 is 0. The van der Waals surface area contributed by atoms with E-state index >= 15 is 0 Å². The van der Waals surface area contributed by atoms with Crippen LogP contribution in [0.25, 0.3) is 0 Å². The lowest BCUT2D eigenvalue weighted by Gasteiger charge is -2.37. The molecule has 2 saturated carbocycles. The Morgan fingerprint density at radius 3 is 2.11 bits per heavy atom. The highest BCUT2D eigenvalue weighted by Gasteiger charge is 2.68. The van der Waals surface area contributed by atoms with Gasteiger partial charge in [-0.2, -0.15) is 0 Å². The molecule has 3 fully saturated rings. The maximum absolute atomic E-state index is 13.6. The second kappa shape index (κ2) is 8.29. The highest BCUT2D eigenvalue weighted by molar-refractivity contribution is 6.09. The normalized spacial score (nSPS) is 30.6. The molecule has 0 unspecified atom stereocenters. The zero-order valence-corrected chi connectivity index (χ0v) is 19.5. The summed E-state index contributed by atoms with van der Waals surface area (Å²) in [5, 5.41) is 0. The van der Waals surface area contributed by atoms with Crippen molar-refractivity contribution in [3.05, 3.63) is 83.4 Å². The number of aryl methyl sites for hydroxylation is 1. The zero-order valence-electron chi connectivity index (χ0n) is 19.5. The Morgan fingerprint density at radius 1 is 0.914 bits per heavy atom. The van der Waals surface area contributed by atoms with Gasteiger partial charge in [0.15, 0.2) is 12.4 Å². The van der Waals surface area contributed by atoms with E-state index in [1.807, 2.05) is 49.4 Å². The molecule has 7 atom stereocenters. The molecule has 6 nitrogen and oxygen atoms in total. The predicted molar refractivity (Wildman–Crippen MR) is 127 cm³/mol. The van der Waals surface area contributed by atoms with Crippen molar-refractivity contribution in [1.29, 1.82) is 0 Å². The van der Waals surface area contributed by atoms with Gasteiger partial charge >= 0.3 is 5.97 Å². The molecule has 35 heavy (non-hydrogen) atoms. The number of imide groups is 1. The van der Waals surface area contributed by atoms with Crippen LogP contribution in [0.5, 0.6) is 0 Å². The van der Waals surface area contributed by atoms with Crippen LogP contribution in [0.4, 0.5) is 0 Å². The lowest BCUT2D eigenvalue weighted by molar-refractivity contribution is -0.158. The largest absolute Gasteiger partial charge is 0.456 e. The van der Waals surface area contributed by atoms with Crippen LogP contribution in [0.3, 0.4) is 0 Å². The van der Waals surface area contributed by atoms with E-state index in [1.54, 1.807) is 12.1 Å². The molecule has 2 amide bonds. The van der Waals surface area contributed by atoms with Crippen LogP contribution in [-0.2, 0) is 25.5 Å². The first-order valence-electron chi connectivity index (χ1n) is 12.3. The van der Waals surface area contributed by atoms with Crippen LogP contribution >= 0.6 is 0 Å². The van der Waals surface area contributed by atoms with Gasteiger partial charge < -0.3 is 4.74 Å². The molecule has 4 aliphatic carbocycles. The SMILES string of the molecule is Cc1ccc(C(=O)COC(=O)[C@@H](Cc2ccccc2)N2C(=O)[C@H]3[C@@H]4C=C[C@H]([C@H]5C[C@H]45)[C@@H]3C2=O)cc1. The summed E-state index contributed by atoms with van der Waals surface area (Å²) in [4.78, 5) is 54.4. The number of carbonyl (C=O) groups is 4. The van der Waals surface area contributed by atoms with E-state index < -0.39 is 18.6 Å². The molecule has 0 radical (unpaired) electrons. The first-order valence-corrected chi connectivity index (χ1v) is 12.3. The molecule has 1 heterocycles. The number of nitrogens with zero attached hydrogens (tertiary/aromatic N) is 1. The van der Waals surface area contributed by atoms with Gasteiger partial charge in [-0.05, 0) is 42.6 Å². The smallest absolute Gasteiger partial charge is 0.330 e. The molecule has 1 saturated heterocycles. The number of hydrogen-bond donors (Lipinski definition) is 0. The lowest BCUT2D eigenvalue weighted by Crippen LogP contribution is -2.48. The van der Waals surface area contributed by atoms with Crippen molar-refractivity contribution >= 4 is 23.6 Å². The first-order chi connectivity index (χ1) is 16.9. The van der Waals surface area contributed by atoms with Crippen molar-refractivity contribution in [2.45, 2.75) is 25.8 Å². The topological polar surface area (TPSA) is 80.8 Å². The molecule has 0 spiro atoms. The third-order valence-electron chi connectivity index (χ3n) is 8.27. The van der Waals surface area contributed by atoms with Crippen LogP contribution in [0.2, 0.25) is 0 Å². The van der Waals surface area contributed by atoms with Gasteiger partial charge in [0.1, 0.15) is 6.04 Å². The number of benzene rings is 2. The number of Topliss-reactive ketones (excluding diaryl/α,β-unsaturated/α-hetero) is 1. The van der Waals surface area contributed by atoms with Crippen molar-refractivity contribution in [3.8, 4) is 0 Å². The second-order valence-electron chi connectivity index (χ2n) is 10.3. The van der Waals surface area contributed by atoms with Crippen LogP contribution in [-0.4, -0.2) is 41.1 Å². The van der Waals surface area contributed by atoms with Crippen LogP contribution < -0.4 is 0 Å². The summed E-state index contributed by atoms with van der Waals surface area (Å²) < 4.78 is 5.43. The summed E-state index contributed by atoms with van der Waals surface area (Å²) in [6.45, 7) is 1.49. The number of rotatable bonds is 7. The molecule has 2 bridgehead atoms. The Morgan fingerprint density at radius 2 is 1.51 bits per heavy atom. The summed E-state index contributed by atoms with van der Waals surface area (Å²) in [7, 11) is 0. The summed E-state index contributed by atoms with van der Waals surface area (Å²) in [6, 6.07) is 15.2. The number of amides is 2. The molecule has 7 rings (SSSR count). The van der Waals surface area contributed by atoms with E-state index in [1.165, 1.54) is 4.90 Å². The number of ketones is 1. The highest BCUT2D eigenvalue weighted by Crippen LogP contribution is 2.65. The molecular formula is C29H27NO5. The Balaban J connectivity index is 1.25. The van der Waals surface area contributed by atoms with Crippen molar-refractivity contribution in [3.63, 3.8) is 0 Å². The van der Waals surface area contributed by atoms with Gasteiger partial charge in [0, 0.05) is 12.0 Å². The first kappa shape index (κ1) is 22.0. The fraction of sp³-hybridized carbons (Fsp3) is 0.379. The molecule has 6 heteroatoms. The Labute approximate surface area is 203 Å². The predicted octanol–water partition coefficient (Wildman–Crippen LogP) is 3.39. The summed E-state index contributed by atoms with van der Waals surface area (Å²) in [5.41, 5.74) is 2.29. The third-order valence-corrected chi connectivity index (χ3v) is 8.27. The summed E-state index contributed by atoms with van der Waals surface area (Å²) in [6.07, 6.45) is 5.45. The third kappa shape index (κ3) is 3.63. The van der Waals surface area contributed by atoms with E-state index in [0.29, 0.717) is 17.4 Å². The fourth-order valence-electron chi connectivity index (χ4n) is 6.46. The summed E-state index contributed by atoms with van der Waals surface area (Å²) in [5.74, 6) is -1.25. The molecule has 5 aliphatic rings. The van der Waals surface area contributed by atoms with E-state index in [-0.39, 0.29) is 47.7 Å². The molecule has 1 aliphatic heterocycles. The highest BCUT2D eigenvalue weighted by atomic mass is 16.5. The van der Waals surface area contributed by atoms with Crippen molar-refractivity contribution in [1.82, 2.24) is 4.90 Å². The van der Waals surface area contributed by atoms with Crippen LogP contribution in [0.1, 0.15) is 27.9 Å². The number of carbonyl (C=O) groups excluding carboxylic acids is 4. The Bertz CT molecular complexity index is 1200. The van der Waals surface area contributed by atoms with Crippen LogP contribution in [0.15, 0.2) is 66.7 Å². The van der Waals surface area contributed by atoms with Crippen LogP contribution in [0, 0.1) is 42.4 Å².